The third kappa shape index (κ3) is 2.69. The number of ether oxygens (including phenoxy) is 2. The van der Waals surface area contributed by atoms with E-state index in [9.17, 15) is 4.39 Å². The molecule has 0 spiro atoms. The van der Waals surface area contributed by atoms with Gasteiger partial charge in [-0.15, -0.1) is 0 Å². The molecule has 1 aliphatic rings. The van der Waals surface area contributed by atoms with Gasteiger partial charge in [-0.2, -0.15) is 0 Å². The van der Waals surface area contributed by atoms with E-state index in [4.69, 9.17) is 9.47 Å². The predicted molar refractivity (Wildman–Crippen MR) is 72.8 cm³/mol. The molecule has 18 heavy (non-hydrogen) atoms. The average molecular weight is 317 g/mol. The van der Waals surface area contributed by atoms with Crippen LogP contribution in [0.5, 0.6) is 5.75 Å². The molecule has 0 bridgehead atoms. The fraction of sp³-hybridized carbons (Fsp3) is 0.571. The van der Waals surface area contributed by atoms with Gasteiger partial charge in [0.15, 0.2) is 0 Å². The third-order valence-corrected chi connectivity index (χ3v) is 4.60. The number of methoxy groups -OCH3 is 2. The Kier molecular flexibility index (Phi) is 4.28. The van der Waals surface area contributed by atoms with E-state index in [-0.39, 0.29) is 16.2 Å². The van der Waals surface area contributed by atoms with E-state index in [1.54, 1.807) is 20.3 Å². The maximum Gasteiger partial charge on any atom is 0.123 e. The number of halogens is 2. The molecule has 2 nitrogen and oxygen atoms in total. The summed E-state index contributed by atoms with van der Waals surface area (Å²) in [5.74, 6) is 0.471. The third-order valence-electron chi connectivity index (χ3n) is 3.78. The van der Waals surface area contributed by atoms with Crippen LogP contribution in [0.25, 0.3) is 0 Å². The summed E-state index contributed by atoms with van der Waals surface area (Å²) < 4.78 is 24.2. The average Bonchev–Trinajstić information content (AvgIpc) is 2.33. The lowest BCUT2D eigenvalue weighted by Crippen LogP contribution is -2.39. The van der Waals surface area contributed by atoms with Crippen molar-refractivity contribution in [1.29, 1.82) is 0 Å². The van der Waals surface area contributed by atoms with Crippen LogP contribution < -0.4 is 4.74 Å². The van der Waals surface area contributed by atoms with Crippen LogP contribution in [0.3, 0.4) is 0 Å². The molecule has 0 N–H and O–H groups in total. The summed E-state index contributed by atoms with van der Waals surface area (Å²) >= 11 is 3.64. The summed E-state index contributed by atoms with van der Waals surface area (Å²) in [5, 5.41) is 0. The van der Waals surface area contributed by atoms with Crippen molar-refractivity contribution in [2.24, 2.45) is 0 Å². The van der Waals surface area contributed by atoms with E-state index in [1.807, 2.05) is 0 Å². The molecule has 1 saturated carbocycles. The Bertz CT molecular complexity index is 413. The minimum absolute atomic E-state index is 0.0448. The van der Waals surface area contributed by atoms with Crippen LogP contribution >= 0.6 is 15.9 Å². The van der Waals surface area contributed by atoms with Gasteiger partial charge in [-0.25, -0.2) is 4.39 Å². The molecule has 0 amide bonds. The highest BCUT2D eigenvalue weighted by atomic mass is 79.9. The van der Waals surface area contributed by atoms with E-state index < -0.39 is 0 Å². The molecule has 1 fully saturated rings. The summed E-state index contributed by atoms with van der Waals surface area (Å²) in [7, 11) is 3.35. The molecule has 100 valence electrons. The zero-order valence-electron chi connectivity index (χ0n) is 10.7. The standard InChI is InChI=1S/C14H18BrFO2/c1-17-13-5-4-10(16)8-11(13)12(15)9-14(18-2)6-3-7-14/h4-5,8,12H,3,6-7,9H2,1-2H3. The topological polar surface area (TPSA) is 18.5 Å². The van der Waals surface area contributed by atoms with E-state index in [2.05, 4.69) is 15.9 Å². The van der Waals surface area contributed by atoms with Crippen LogP contribution in [0.1, 0.15) is 36.1 Å². The number of benzene rings is 1. The van der Waals surface area contributed by atoms with Gasteiger partial charge >= 0.3 is 0 Å². The lowest BCUT2D eigenvalue weighted by atomic mass is 9.76. The van der Waals surface area contributed by atoms with Crippen LogP contribution in [-0.2, 0) is 4.74 Å². The van der Waals surface area contributed by atoms with Gasteiger partial charge in [0.2, 0.25) is 0 Å². The Morgan fingerprint density at radius 1 is 1.39 bits per heavy atom. The SMILES string of the molecule is COc1ccc(F)cc1C(Br)CC1(OC)CCC1. The van der Waals surface area contributed by atoms with Gasteiger partial charge < -0.3 is 9.47 Å². The minimum Gasteiger partial charge on any atom is -0.496 e. The van der Waals surface area contributed by atoms with Crippen molar-refractivity contribution < 1.29 is 13.9 Å². The van der Waals surface area contributed by atoms with E-state index >= 15 is 0 Å². The van der Waals surface area contributed by atoms with Gasteiger partial charge in [0, 0.05) is 17.5 Å². The molecule has 1 unspecified atom stereocenters. The first kappa shape index (κ1) is 13.8. The maximum atomic E-state index is 13.3. The summed E-state index contributed by atoms with van der Waals surface area (Å²) in [6, 6.07) is 4.61. The number of rotatable bonds is 5. The van der Waals surface area contributed by atoms with Crippen molar-refractivity contribution in [2.45, 2.75) is 36.1 Å². The van der Waals surface area contributed by atoms with Crippen LogP contribution in [-0.4, -0.2) is 19.8 Å². The molecule has 1 atom stereocenters. The second-order valence-electron chi connectivity index (χ2n) is 4.80. The van der Waals surface area contributed by atoms with Crippen molar-refractivity contribution in [3.63, 3.8) is 0 Å². The Balaban J connectivity index is 2.17. The van der Waals surface area contributed by atoms with Gasteiger partial charge in [-0.1, -0.05) is 15.9 Å². The van der Waals surface area contributed by atoms with Crippen molar-refractivity contribution in [3.05, 3.63) is 29.6 Å². The Morgan fingerprint density at radius 3 is 2.61 bits per heavy atom. The smallest absolute Gasteiger partial charge is 0.123 e. The molecule has 4 heteroatoms. The van der Waals surface area contributed by atoms with Crippen LogP contribution in [0, 0.1) is 5.82 Å². The summed E-state index contributed by atoms with van der Waals surface area (Å²) in [6.45, 7) is 0. The highest BCUT2D eigenvalue weighted by Crippen LogP contribution is 2.46. The fourth-order valence-corrected chi connectivity index (χ4v) is 3.40. The lowest BCUT2D eigenvalue weighted by Gasteiger charge is -2.42. The largest absolute Gasteiger partial charge is 0.496 e. The molecule has 0 heterocycles. The Labute approximate surface area is 116 Å². The number of hydrogen-bond acceptors (Lipinski definition) is 2. The van der Waals surface area contributed by atoms with Crippen LogP contribution in [0.2, 0.25) is 0 Å². The second kappa shape index (κ2) is 5.57. The highest BCUT2D eigenvalue weighted by molar-refractivity contribution is 9.09. The molecular weight excluding hydrogens is 299 g/mol. The molecule has 1 aromatic rings. The maximum absolute atomic E-state index is 13.3. The highest BCUT2D eigenvalue weighted by Gasteiger charge is 2.39. The van der Waals surface area contributed by atoms with Gasteiger partial charge in [0.25, 0.3) is 0 Å². The van der Waals surface area contributed by atoms with E-state index in [0.717, 1.165) is 24.8 Å². The molecule has 1 aliphatic carbocycles. The summed E-state index contributed by atoms with van der Waals surface area (Å²) in [6.07, 6.45) is 4.18. The monoisotopic (exact) mass is 316 g/mol. The van der Waals surface area contributed by atoms with Crippen LogP contribution in [0.4, 0.5) is 4.39 Å². The van der Waals surface area contributed by atoms with Gasteiger partial charge in [-0.05, 0) is 43.9 Å². The molecule has 0 aromatic heterocycles. The van der Waals surface area contributed by atoms with Gasteiger partial charge in [0.05, 0.1) is 12.7 Å². The first-order valence-electron chi connectivity index (χ1n) is 6.13. The summed E-state index contributed by atoms with van der Waals surface area (Å²) in [5.41, 5.74) is 0.798. The number of alkyl halides is 1. The molecule has 1 aromatic carbocycles. The first-order valence-corrected chi connectivity index (χ1v) is 7.04. The van der Waals surface area contributed by atoms with Crippen molar-refractivity contribution in [1.82, 2.24) is 0 Å². The zero-order chi connectivity index (χ0) is 13.2. The van der Waals surface area contributed by atoms with Crippen molar-refractivity contribution in [2.75, 3.05) is 14.2 Å². The predicted octanol–water partition coefficient (Wildman–Crippen LogP) is 4.23. The lowest BCUT2D eigenvalue weighted by molar-refractivity contribution is -0.0773. The van der Waals surface area contributed by atoms with Crippen molar-refractivity contribution in [3.8, 4) is 5.75 Å². The Morgan fingerprint density at radius 2 is 2.11 bits per heavy atom. The molecule has 0 radical (unpaired) electrons. The summed E-state index contributed by atoms with van der Waals surface area (Å²) in [4.78, 5) is 0.0448. The van der Waals surface area contributed by atoms with E-state index in [0.29, 0.717) is 5.75 Å². The fourth-order valence-electron chi connectivity index (χ4n) is 2.45. The second-order valence-corrected chi connectivity index (χ2v) is 5.90. The first-order chi connectivity index (χ1) is 8.60. The quantitative estimate of drug-likeness (QED) is 0.757. The minimum atomic E-state index is -0.240. The van der Waals surface area contributed by atoms with Crippen molar-refractivity contribution >= 4 is 15.9 Å². The molecule has 2 rings (SSSR count). The Hall–Kier alpha value is -0.610. The van der Waals surface area contributed by atoms with Gasteiger partial charge in [0.1, 0.15) is 11.6 Å². The molecule has 0 aliphatic heterocycles. The molecular formula is C14H18BrFO2. The zero-order valence-corrected chi connectivity index (χ0v) is 12.3. The number of hydrogen-bond donors (Lipinski definition) is 0. The molecule has 0 saturated heterocycles. The van der Waals surface area contributed by atoms with E-state index in [1.165, 1.54) is 18.6 Å². The van der Waals surface area contributed by atoms with Crippen LogP contribution in [0.15, 0.2) is 18.2 Å². The normalized spacial score (nSPS) is 19.1. The van der Waals surface area contributed by atoms with Gasteiger partial charge in [-0.3, -0.25) is 0 Å².